The third-order valence-corrected chi connectivity index (χ3v) is 28.4. The topological polar surface area (TPSA) is 36.9 Å². The van der Waals surface area contributed by atoms with E-state index in [1.54, 1.807) is 33.4 Å². The lowest BCUT2D eigenvalue weighted by Crippen LogP contribution is -2.41. The van der Waals surface area contributed by atoms with Gasteiger partial charge in [0.2, 0.25) is 0 Å². The summed E-state index contributed by atoms with van der Waals surface area (Å²) in [5.41, 5.74) is 7.99. The van der Waals surface area contributed by atoms with Gasteiger partial charge in [0, 0.05) is 30.1 Å². The third-order valence-electron chi connectivity index (χ3n) is 26.0. The molecule has 0 atom stereocenters. The van der Waals surface area contributed by atoms with Crippen LogP contribution in [-0.4, -0.2) is 36.6 Å². The highest BCUT2D eigenvalue weighted by atomic mass is 32.1. The fourth-order valence-corrected chi connectivity index (χ4v) is 20.4. The van der Waals surface area contributed by atoms with Gasteiger partial charge in [-0.05, 0) is 139 Å². The minimum absolute atomic E-state index is 0.0488. The summed E-state index contributed by atoms with van der Waals surface area (Å²) in [6.07, 6.45) is 83.0. The molecule has 0 unspecified atom stereocenters. The van der Waals surface area contributed by atoms with Gasteiger partial charge in [0.15, 0.2) is 0 Å². The Hall–Kier alpha value is -1.41. The number of hydrogen-bond donors (Lipinski definition) is 0. The van der Waals surface area contributed by atoms with Crippen LogP contribution < -0.4 is 9.55 Å². The van der Waals surface area contributed by atoms with Crippen molar-refractivity contribution in [2.45, 2.75) is 502 Å². The van der Waals surface area contributed by atoms with Crippen molar-refractivity contribution in [3.8, 4) is 20.9 Å². The van der Waals surface area contributed by atoms with Crippen molar-refractivity contribution in [3.05, 3.63) is 46.5 Å². The van der Waals surface area contributed by atoms with Crippen LogP contribution in [0.4, 0.5) is 0 Å². The quantitative estimate of drug-likeness (QED) is 0.0417. The first-order chi connectivity index (χ1) is 48.5. The number of fused-ring (bicyclic) bond motifs is 6. The van der Waals surface area contributed by atoms with Crippen LogP contribution in [0.3, 0.4) is 0 Å². The van der Waals surface area contributed by atoms with E-state index in [9.17, 15) is 0 Å². The van der Waals surface area contributed by atoms with Gasteiger partial charge in [-0.15, -0.1) is 22.7 Å². The van der Waals surface area contributed by atoms with Gasteiger partial charge in [-0.3, -0.25) is 0 Å². The lowest BCUT2D eigenvalue weighted by atomic mass is 9.68. The molecule has 1 aromatic carbocycles. The number of thiophene rings is 2. The second-order valence-corrected chi connectivity index (χ2v) is 37.6. The highest BCUT2D eigenvalue weighted by Crippen LogP contribution is 2.63. The average molecular weight is 1420 g/mol. The summed E-state index contributed by atoms with van der Waals surface area (Å²) < 4.78 is 30.7. The fourth-order valence-electron chi connectivity index (χ4n) is 18.0. The van der Waals surface area contributed by atoms with Crippen LogP contribution in [0.2, 0.25) is 0 Å². The van der Waals surface area contributed by atoms with Crippen molar-refractivity contribution in [2.75, 3.05) is 0 Å². The zero-order valence-corrected chi connectivity index (χ0v) is 70.0. The molecule has 4 nitrogen and oxygen atoms in total. The molecule has 0 spiro atoms. The monoisotopic (exact) mass is 1420 g/mol. The van der Waals surface area contributed by atoms with Crippen LogP contribution in [-0.2, 0) is 29.4 Å². The smallest absolute Gasteiger partial charge is 0.399 e. The van der Waals surface area contributed by atoms with Crippen LogP contribution in [0.25, 0.3) is 20.9 Å². The first kappa shape index (κ1) is 85.8. The predicted molar refractivity (Wildman–Crippen MR) is 446 cm³/mol. The molecule has 0 amide bonds. The van der Waals surface area contributed by atoms with Gasteiger partial charge in [-0.2, -0.15) is 0 Å². The SMILES string of the molecule is CCCCCCCCCCCCCCCCC1(CCCCCCCCCCCCCCCC)c2cc3c(cc2-c2sc(B4OC(C)(C)C(C)(C)O4)cc21)C(CCCCCCCCCCCCCCCC)(CCCCCCCCCCCCCCCC)c1cc(B2OC(C)(C)C(C)(C)O2)sc1-3. The highest BCUT2D eigenvalue weighted by molar-refractivity contribution is 7.26. The summed E-state index contributed by atoms with van der Waals surface area (Å²) in [7, 11) is -0.697. The van der Waals surface area contributed by atoms with E-state index < -0.39 is 0 Å². The molecule has 0 saturated carbocycles. The molecule has 7 rings (SSSR count). The van der Waals surface area contributed by atoms with E-state index in [1.165, 1.54) is 405 Å². The van der Waals surface area contributed by atoms with E-state index in [0.29, 0.717) is 0 Å². The molecular weight excluding hydrogens is 1250 g/mol. The normalized spacial score (nSPS) is 17.3. The molecule has 0 radical (unpaired) electrons. The molecule has 4 aliphatic rings. The third kappa shape index (κ3) is 25.9. The predicted octanol–water partition coefficient (Wildman–Crippen LogP) is 30.4. The maximum absolute atomic E-state index is 7.04. The Morgan fingerprint density at radius 2 is 0.400 bits per heavy atom. The van der Waals surface area contributed by atoms with Crippen LogP contribution in [0.15, 0.2) is 24.3 Å². The maximum Gasteiger partial charge on any atom is 0.505 e. The lowest BCUT2D eigenvalue weighted by molar-refractivity contribution is 0.00578. The summed E-state index contributed by atoms with van der Waals surface area (Å²) in [4.78, 5) is 3.07. The molecule has 2 aliphatic carbocycles. The van der Waals surface area contributed by atoms with Gasteiger partial charge < -0.3 is 18.6 Å². The summed E-state index contributed by atoms with van der Waals surface area (Å²) in [6, 6.07) is 11.1. The van der Waals surface area contributed by atoms with E-state index in [1.807, 2.05) is 22.7 Å². The average Bonchev–Trinajstić information content (AvgIpc) is 1.52. The lowest BCUT2D eigenvalue weighted by Gasteiger charge is -2.35. The number of benzene rings is 1. The molecule has 8 heteroatoms. The summed E-state index contributed by atoms with van der Waals surface area (Å²) in [5.74, 6) is 0. The molecule has 2 fully saturated rings. The minimum atomic E-state index is -0.388. The molecule has 3 aromatic rings. The zero-order valence-electron chi connectivity index (χ0n) is 68.3. The van der Waals surface area contributed by atoms with E-state index in [-0.39, 0.29) is 47.5 Å². The summed E-state index contributed by atoms with van der Waals surface area (Å²) in [5, 5.41) is 0. The number of hydrogen-bond acceptors (Lipinski definition) is 6. The van der Waals surface area contributed by atoms with Gasteiger partial charge in [0.1, 0.15) is 0 Å². The first-order valence-electron chi connectivity index (χ1n) is 44.7. The molecule has 2 saturated heterocycles. The summed E-state index contributed by atoms with van der Waals surface area (Å²) in [6.45, 7) is 27.3. The second kappa shape index (κ2) is 46.1. The van der Waals surface area contributed by atoms with E-state index >= 15 is 0 Å². The van der Waals surface area contributed by atoms with E-state index in [2.05, 4.69) is 107 Å². The summed E-state index contributed by atoms with van der Waals surface area (Å²) >= 11 is 4.08. The van der Waals surface area contributed by atoms with Crippen molar-refractivity contribution in [3.63, 3.8) is 0 Å². The Balaban J connectivity index is 1.19. The number of rotatable bonds is 62. The Kier molecular flexibility index (Phi) is 39.5. The molecule has 100 heavy (non-hydrogen) atoms. The van der Waals surface area contributed by atoms with Crippen LogP contribution in [0.5, 0.6) is 0 Å². The zero-order chi connectivity index (χ0) is 71.4. The van der Waals surface area contributed by atoms with Gasteiger partial charge in [0.25, 0.3) is 0 Å². The van der Waals surface area contributed by atoms with Gasteiger partial charge in [0.05, 0.1) is 22.4 Å². The highest BCUT2D eigenvalue weighted by Gasteiger charge is 2.56. The molecule has 0 N–H and O–H groups in total. The van der Waals surface area contributed by atoms with Crippen molar-refractivity contribution >= 4 is 46.5 Å². The Morgan fingerprint density at radius 3 is 0.580 bits per heavy atom. The standard InChI is InChI=1S/C92H160B2O4S2/c1-13-17-21-25-29-33-37-41-45-49-53-57-61-65-69-91(70-66-62-58-54-50-46-42-38-34-30-26-22-18-14-2)79-73-78-80(74-77(79)85-81(91)75-83(99-85)93-95-87(5,6)88(7,8)96-93)92(71-67-63-59-55-51-47-43-39-35-31-27-23-19-15-3,72-68-64-60-56-52-48-44-40-36-32-28-24-20-16-4)82-76-84(100-86(78)82)94-97-89(9,10)90(11,12)98-94/h73-76H,13-72H2,1-12H3. The van der Waals surface area contributed by atoms with Crippen molar-refractivity contribution in [1.29, 1.82) is 0 Å². The van der Waals surface area contributed by atoms with Crippen molar-refractivity contribution in [1.82, 2.24) is 0 Å². The molecule has 2 aliphatic heterocycles. The Morgan fingerprint density at radius 1 is 0.230 bits per heavy atom. The Bertz CT molecular complexity index is 2370. The first-order valence-corrected chi connectivity index (χ1v) is 46.3. The largest absolute Gasteiger partial charge is 0.505 e. The molecule has 4 heterocycles. The second-order valence-electron chi connectivity index (χ2n) is 35.5. The van der Waals surface area contributed by atoms with Crippen LogP contribution in [0.1, 0.15) is 491 Å². The van der Waals surface area contributed by atoms with Crippen LogP contribution in [0, 0.1) is 0 Å². The fraction of sp³-hybridized carbons (Fsp3) is 0.848. The van der Waals surface area contributed by atoms with E-state index in [4.69, 9.17) is 18.6 Å². The van der Waals surface area contributed by atoms with Gasteiger partial charge in [-0.25, -0.2) is 0 Å². The number of unbranched alkanes of at least 4 members (excludes halogenated alkanes) is 52. The van der Waals surface area contributed by atoms with Crippen molar-refractivity contribution in [2.24, 2.45) is 0 Å². The minimum Gasteiger partial charge on any atom is -0.399 e. The molecule has 2 aromatic heterocycles. The molecule has 570 valence electrons. The van der Waals surface area contributed by atoms with Crippen LogP contribution >= 0.6 is 22.7 Å². The van der Waals surface area contributed by atoms with E-state index in [0.717, 1.165) is 0 Å². The van der Waals surface area contributed by atoms with Crippen molar-refractivity contribution < 1.29 is 18.6 Å². The van der Waals surface area contributed by atoms with Gasteiger partial charge in [-0.1, -0.05) is 387 Å². The van der Waals surface area contributed by atoms with Gasteiger partial charge >= 0.3 is 14.2 Å². The molecule has 0 bridgehead atoms. The Labute approximate surface area is 630 Å². The maximum atomic E-state index is 7.04. The molecular formula is C92H160B2O4S2.